The SMILES string of the molecule is COC(=O)[C@H]1CN1[C@@H](CCSC)C(=O)OC. The zero-order valence-electron chi connectivity index (χ0n) is 9.76. The molecule has 0 aromatic carbocycles. The molecule has 1 unspecified atom stereocenters. The first-order valence-corrected chi connectivity index (χ1v) is 6.45. The number of carbonyl (C=O) groups excluding carboxylic acids is 2. The van der Waals surface area contributed by atoms with Gasteiger partial charge in [0, 0.05) is 6.54 Å². The number of carbonyl (C=O) groups is 2. The molecule has 0 radical (unpaired) electrons. The lowest BCUT2D eigenvalue weighted by Crippen LogP contribution is -2.33. The fourth-order valence-electron chi connectivity index (χ4n) is 1.63. The van der Waals surface area contributed by atoms with E-state index in [2.05, 4.69) is 4.74 Å². The molecule has 0 N–H and O–H groups in total. The van der Waals surface area contributed by atoms with Crippen LogP contribution in [0, 0.1) is 0 Å². The minimum absolute atomic E-state index is 0.268. The summed E-state index contributed by atoms with van der Waals surface area (Å²) in [6, 6.07) is -0.586. The van der Waals surface area contributed by atoms with Gasteiger partial charge in [-0.2, -0.15) is 11.8 Å². The van der Waals surface area contributed by atoms with Crippen LogP contribution in [-0.2, 0) is 19.1 Å². The van der Waals surface area contributed by atoms with Gasteiger partial charge < -0.3 is 9.47 Å². The van der Waals surface area contributed by atoms with E-state index in [0.29, 0.717) is 13.0 Å². The number of thioether (sulfide) groups is 1. The molecule has 0 spiro atoms. The number of hydrogen-bond donors (Lipinski definition) is 0. The monoisotopic (exact) mass is 247 g/mol. The van der Waals surface area contributed by atoms with Crippen LogP contribution in [0.25, 0.3) is 0 Å². The molecule has 1 fully saturated rings. The van der Waals surface area contributed by atoms with Crippen LogP contribution >= 0.6 is 11.8 Å². The Morgan fingerprint density at radius 2 is 2.12 bits per heavy atom. The third-order valence-electron chi connectivity index (χ3n) is 2.59. The van der Waals surface area contributed by atoms with Crippen molar-refractivity contribution in [1.82, 2.24) is 4.90 Å². The van der Waals surface area contributed by atoms with E-state index >= 15 is 0 Å². The van der Waals surface area contributed by atoms with Crippen LogP contribution in [-0.4, -0.2) is 61.7 Å². The second-order valence-electron chi connectivity index (χ2n) is 3.56. The van der Waals surface area contributed by atoms with Gasteiger partial charge in [0.25, 0.3) is 0 Å². The molecule has 6 heteroatoms. The van der Waals surface area contributed by atoms with Crippen LogP contribution in [0.4, 0.5) is 0 Å². The number of methoxy groups -OCH3 is 2. The summed E-state index contributed by atoms with van der Waals surface area (Å²) in [6.07, 6.45) is 2.68. The highest BCUT2D eigenvalue weighted by atomic mass is 32.2. The van der Waals surface area contributed by atoms with Crippen molar-refractivity contribution >= 4 is 23.7 Å². The Kier molecular flexibility index (Phi) is 5.08. The molecule has 0 aromatic rings. The van der Waals surface area contributed by atoms with Crippen molar-refractivity contribution in [3.05, 3.63) is 0 Å². The quantitative estimate of drug-likeness (QED) is 0.491. The molecule has 3 atom stereocenters. The third kappa shape index (κ3) is 3.12. The highest BCUT2D eigenvalue weighted by Crippen LogP contribution is 2.25. The van der Waals surface area contributed by atoms with Crippen molar-refractivity contribution in [2.75, 3.05) is 32.8 Å². The first-order valence-electron chi connectivity index (χ1n) is 5.06. The minimum atomic E-state index is -0.318. The molecule has 5 nitrogen and oxygen atoms in total. The summed E-state index contributed by atoms with van der Waals surface area (Å²) in [5, 5.41) is 0. The Morgan fingerprint density at radius 3 is 2.62 bits per heavy atom. The first-order chi connectivity index (χ1) is 7.65. The molecular formula is C10H17NO4S. The summed E-state index contributed by atoms with van der Waals surface area (Å²) in [4.78, 5) is 24.6. The van der Waals surface area contributed by atoms with Crippen LogP contribution in [0.15, 0.2) is 0 Å². The second kappa shape index (κ2) is 6.10. The van der Waals surface area contributed by atoms with Crippen molar-refractivity contribution in [2.45, 2.75) is 18.5 Å². The number of ether oxygens (including phenoxy) is 2. The zero-order chi connectivity index (χ0) is 12.1. The highest BCUT2D eigenvalue weighted by molar-refractivity contribution is 7.98. The molecule has 1 heterocycles. The molecule has 0 aromatic heterocycles. The summed E-state index contributed by atoms with van der Waals surface area (Å²) in [6.45, 7) is 0.584. The predicted octanol–water partition coefficient (Wildman–Crippen LogP) is 0.138. The maximum absolute atomic E-state index is 11.5. The average Bonchev–Trinajstić information content (AvgIpc) is 3.08. The van der Waals surface area contributed by atoms with Gasteiger partial charge in [-0.15, -0.1) is 0 Å². The topological polar surface area (TPSA) is 55.6 Å². The van der Waals surface area contributed by atoms with E-state index in [1.54, 1.807) is 11.8 Å². The van der Waals surface area contributed by atoms with E-state index in [1.165, 1.54) is 14.2 Å². The van der Waals surface area contributed by atoms with Crippen LogP contribution in [0.5, 0.6) is 0 Å². The molecule has 92 valence electrons. The molecule has 0 bridgehead atoms. The average molecular weight is 247 g/mol. The van der Waals surface area contributed by atoms with Gasteiger partial charge in [-0.25, -0.2) is 0 Å². The zero-order valence-corrected chi connectivity index (χ0v) is 10.6. The Labute approximate surface area is 99.5 Å². The van der Waals surface area contributed by atoms with Crippen molar-refractivity contribution in [2.24, 2.45) is 0 Å². The normalized spacial score (nSPS) is 24.7. The molecule has 16 heavy (non-hydrogen) atoms. The molecular weight excluding hydrogens is 230 g/mol. The predicted molar refractivity (Wildman–Crippen MR) is 61.3 cm³/mol. The van der Waals surface area contributed by atoms with Gasteiger partial charge >= 0.3 is 11.9 Å². The largest absolute Gasteiger partial charge is 0.468 e. The first kappa shape index (κ1) is 13.3. The Balaban J connectivity index is 2.52. The van der Waals surface area contributed by atoms with Crippen molar-refractivity contribution in [1.29, 1.82) is 0 Å². The second-order valence-corrected chi connectivity index (χ2v) is 4.54. The molecule has 1 rings (SSSR count). The van der Waals surface area contributed by atoms with Crippen molar-refractivity contribution in [3.63, 3.8) is 0 Å². The van der Waals surface area contributed by atoms with E-state index in [1.807, 2.05) is 11.2 Å². The number of hydrogen-bond acceptors (Lipinski definition) is 6. The van der Waals surface area contributed by atoms with Gasteiger partial charge in [-0.3, -0.25) is 14.5 Å². The Bertz CT molecular complexity index is 272. The fourth-order valence-corrected chi connectivity index (χ4v) is 2.09. The molecule has 1 saturated heterocycles. The summed E-state index contributed by atoms with van der Waals surface area (Å²) in [7, 11) is 2.72. The lowest BCUT2D eigenvalue weighted by Gasteiger charge is -2.15. The highest BCUT2D eigenvalue weighted by Gasteiger charge is 2.48. The fraction of sp³-hybridized carbons (Fsp3) is 0.800. The maximum atomic E-state index is 11.5. The number of rotatable bonds is 6. The summed E-state index contributed by atoms with van der Waals surface area (Å²) >= 11 is 1.67. The third-order valence-corrected chi connectivity index (χ3v) is 3.24. The van der Waals surface area contributed by atoms with E-state index < -0.39 is 0 Å². The smallest absolute Gasteiger partial charge is 0.324 e. The van der Waals surface area contributed by atoms with Crippen LogP contribution in [0.1, 0.15) is 6.42 Å². The van der Waals surface area contributed by atoms with Gasteiger partial charge in [0.2, 0.25) is 0 Å². The minimum Gasteiger partial charge on any atom is -0.468 e. The van der Waals surface area contributed by atoms with Gasteiger partial charge in [-0.05, 0) is 18.4 Å². The molecule has 0 amide bonds. The molecule has 1 aliphatic heterocycles. The molecule has 1 aliphatic rings. The van der Waals surface area contributed by atoms with Crippen molar-refractivity contribution in [3.8, 4) is 0 Å². The standard InChI is InChI=1S/C10H17NO4S/c1-14-9(12)7(4-5-16-3)11-6-8(11)10(13)15-2/h7-8H,4-6H2,1-3H3/t7-,8+,11?/m0/s1. The molecule has 0 aliphatic carbocycles. The van der Waals surface area contributed by atoms with Gasteiger partial charge in [-0.1, -0.05) is 0 Å². The Morgan fingerprint density at radius 1 is 1.44 bits per heavy atom. The number of esters is 2. The lowest BCUT2D eigenvalue weighted by atomic mass is 10.2. The number of nitrogens with zero attached hydrogens (tertiary/aromatic N) is 1. The van der Waals surface area contributed by atoms with Crippen molar-refractivity contribution < 1.29 is 19.1 Å². The van der Waals surface area contributed by atoms with E-state index in [0.717, 1.165) is 5.75 Å². The van der Waals surface area contributed by atoms with Crippen LogP contribution < -0.4 is 0 Å². The van der Waals surface area contributed by atoms with Crippen LogP contribution in [0.3, 0.4) is 0 Å². The van der Waals surface area contributed by atoms with E-state index in [-0.39, 0.29) is 24.0 Å². The maximum Gasteiger partial charge on any atom is 0.324 e. The Hall–Kier alpha value is -0.750. The van der Waals surface area contributed by atoms with E-state index in [4.69, 9.17) is 4.74 Å². The summed E-state index contributed by atoms with van der Waals surface area (Å²) < 4.78 is 9.36. The summed E-state index contributed by atoms with van der Waals surface area (Å²) in [5.74, 6) is 0.308. The van der Waals surface area contributed by atoms with Gasteiger partial charge in [0.1, 0.15) is 12.1 Å². The lowest BCUT2D eigenvalue weighted by molar-refractivity contribution is -0.146. The summed E-state index contributed by atoms with van der Waals surface area (Å²) in [5.41, 5.74) is 0. The van der Waals surface area contributed by atoms with Gasteiger partial charge in [0.05, 0.1) is 14.2 Å². The van der Waals surface area contributed by atoms with Gasteiger partial charge in [0.15, 0.2) is 0 Å². The van der Waals surface area contributed by atoms with Crippen LogP contribution in [0.2, 0.25) is 0 Å². The van der Waals surface area contributed by atoms with E-state index in [9.17, 15) is 9.59 Å². The molecule has 0 saturated carbocycles.